The molecule has 0 radical (unpaired) electrons. The number of carbonyl (C=O) groups excluding carboxylic acids is 2. The first-order valence-electron chi connectivity index (χ1n) is 6.36. The van der Waals surface area contributed by atoms with Crippen molar-refractivity contribution in [1.29, 1.82) is 0 Å². The van der Waals surface area contributed by atoms with E-state index in [9.17, 15) is 31.5 Å². The third-order valence-corrected chi connectivity index (χ3v) is 2.73. The van der Waals surface area contributed by atoms with Crippen molar-refractivity contribution in [2.45, 2.75) is 12.1 Å². The fraction of sp³-hybridized carbons (Fsp3) is 0.385. The summed E-state index contributed by atoms with van der Waals surface area (Å²) in [5.41, 5.74) is 2.94. The fourth-order valence-electron chi connectivity index (χ4n) is 1.55. The van der Waals surface area contributed by atoms with E-state index in [4.69, 9.17) is 5.73 Å². The molecule has 136 valence electrons. The van der Waals surface area contributed by atoms with Gasteiger partial charge in [0.2, 0.25) is 5.91 Å². The van der Waals surface area contributed by atoms with Crippen molar-refractivity contribution in [3.05, 3.63) is 35.4 Å². The van der Waals surface area contributed by atoms with E-state index < -0.39 is 54.7 Å². The lowest BCUT2D eigenvalue weighted by molar-refractivity contribution is -0.137. The van der Waals surface area contributed by atoms with Crippen LogP contribution in [-0.2, 0) is 11.0 Å². The van der Waals surface area contributed by atoms with E-state index >= 15 is 0 Å². The highest BCUT2D eigenvalue weighted by molar-refractivity contribution is 5.97. The van der Waals surface area contributed by atoms with Crippen LogP contribution in [0.5, 0.6) is 0 Å². The summed E-state index contributed by atoms with van der Waals surface area (Å²) in [7, 11) is 0. The first-order valence-corrected chi connectivity index (χ1v) is 6.36. The summed E-state index contributed by atoms with van der Waals surface area (Å²) in [6.45, 7) is -2.75. The maximum absolute atomic E-state index is 12.8. The molecule has 0 spiro atoms. The van der Waals surface area contributed by atoms with Crippen LogP contribution in [0, 0.1) is 0 Å². The molecule has 0 atom stereocenters. The molecule has 2 amide bonds. The van der Waals surface area contributed by atoms with Gasteiger partial charge in [-0.3, -0.25) is 9.59 Å². The molecular weight excluding hydrogens is 361 g/mol. The van der Waals surface area contributed by atoms with E-state index in [-0.39, 0.29) is 12.4 Å². The van der Waals surface area contributed by atoms with Crippen molar-refractivity contribution >= 4 is 24.2 Å². The summed E-state index contributed by atoms with van der Waals surface area (Å²) in [4.78, 5) is 23.0. The van der Waals surface area contributed by atoms with Crippen molar-refractivity contribution in [1.82, 2.24) is 10.6 Å². The van der Waals surface area contributed by atoms with Gasteiger partial charge >= 0.3 is 6.18 Å². The number of rotatable bonds is 6. The highest BCUT2D eigenvalue weighted by Crippen LogP contribution is 2.31. The number of nitrogens with one attached hydrogen (secondary N) is 2. The van der Waals surface area contributed by atoms with Crippen molar-refractivity contribution in [3.63, 3.8) is 0 Å². The minimum atomic E-state index is -4.74. The second-order valence-corrected chi connectivity index (χ2v) is 4.56. The molecule has 0 bridgehead atoms. The third-order valence-electron chi connectivity index (χ3n) is 2.73. The summed E-state index contributed by atoms with van der Waals surface area (Å²) < 4.78 is 63.9. The molecule has 0 heterocycles. The van der Waals surface area contributed by atoms with Gasteiger partial charge in [0.15, 0.2) is 0 Å². The Kier molecular flexibility index (Phi) is 8.07. The van der Waals surface area contributed by atoms with Crippen LogP contribution in [0.25, 0.3) is 0 Å². The molecule has 0 aliphatic carbocycles. The molecule has 4 N–H and O–H groups in total. The number of nitrogens with two attached hydrogens (primary N) is 1. The highest BCUT2D eigenvalue weighted by atomic mass is 35.5. The molecule has 0 aliphatic heterocycles. The van der Waals surface area contributed by atoms with Gasteiger partial charge in [0, 0.05) is 0 Å². The van der Waals surface area contributed by atoms with Gasteiger partial charge in [0.1, 0.15) is 0 Å². The molecule has 0 saturated heterocycles. The smallest absolute Gasteiger partial charge is 0.348 e. The first kappa shape index (κ1) is 22.1. The molecule has 0 aliphatic rings. The Morgan fingerprint density at radius 2 is 1.62 bits per heavy atom. The van der Waals surface area contributed by atoms with E-state index in [1.807, 2.05) is 10.6 Å². The lowest BCUT2D eigenvalue weighted by Crippen LogP contribution is -2.45. The van der Waals surface area contributed by atoms with Gasteiger partial charge in [-0.2, -0.15) is 13.2 Å². The summed E-state index contributed by atoms with van der Waals surface area (Å²) in [6, 6.07) is 4.00. The summed E-state index contributed by atoms with van der Waals surface area (Å²) in [6.07, 6.45) is -4.74. The zero-order valence-electron chi connectivity index (χ0n) is 12.1. The number of alkyl halides is 5. The number of hydrogen-bond donors (Lipinski definition) is 3. The van der Waals surface area contributed by atoms with Crippen LogP contribution in [0.2, 0.25) is 0 Å². The topological polar surface area (TPSA) is 84.2 Å². The fourth-order valence-corrected chi connectivity index (χ4v) is 1.55. The third kappa shape index (κ3) is 6.67. The Morgan fingerprint density at radius 1 is 1.04 bits per heavy atom. The molecule has 1 rings (SSSR count). The van der Waals surface area contributed by atoms with Gasteiger partial charge in [-0.15, -0.1) is 12.4 Å². The van der Waals surface area contributed by atoms with Crippen molar-refractivity contribution < 1.29 is 31.5 Å². The molecule has 5 nitrogen and oxygen atoms in total. The quantitative estimate of drug-likeness (QED) is 0.660. The van der Waals surface area contributed by atoms with Crippen LogP contribution in [0.3, 0.4) is 0 Å². The molecule has 0 unspecified atom stereocenters. The maximum atomic E-state index is 12.8. The minimum absolute atomic E-state index is 0. The van der Waals surface area contributed by atoms with Crippen LogP contribution in [-0.4, -0.2) is 37.4 Å². The van der Waals surface area contributed by atoms with Crippen LogP contribution in [0.4, 0.5) is 22.0 Å². The van der Waals surface area contributed by atoms with E-state index in [2.05, 4.69) is 0 Å². The SMILES string of the molecule is Cl.NCC(F)(F)CNC(=O)CNC(=O)c1ccccc1C(F)(F)F. The Hall–Kier alpha value is -1.94. The van der Waals surface area contributed by atoms with Crippen LogP contribution < -0.4 is 16.4 Å². The lowest BCUT2D eigenvalue weighted by Gasteiger charge is -2.15. The average molecular weight is 376 g/mol. The van der Waals surface area contributed by atoms with Crippen molar-refractivity contribution in [3.8, 4) is 0 Å². The number of benzene rings is 1. The monoisotopic (exact) mass is 375 g/mol. The number of amides is 2. The van der Waals surface area contributed by atoms with Gasteiger partial charge in [-0.25, -0.2) is 8.78 Å². The molecular formula is C13H15ClF5N3O2. The molecule has 1 aromatic rings. The normalized spacial score (nSPS) is 11.4. The number of halogens is 6. The Bertz CT molecular complexity index is 581. The van der Waals surface area contributed by atoms with Gasteiger partial charge in [-0.1, -0.05) is 12.1 Å². The largest absolute Gasteiger partial charge is 0.417 e. The van der Waals surface area contributed by atoms with Crippen molar-refractivity contribution in [2.24, 2.45) is 5.73 Å². The van der Waals surface area contributed by atoms with Crippen molar-refractivity contribution in [2.75, 3.05) is 19.6 Å². The standard InChI is InChI=1S/C13H14F5N3O2.ClH/c14-12(15,6-19)7-21-10(22)5-20-11(23)8-3-1-2-4-9(8)13(16,17)18;/h1-4H,5-7,19H2,(H,20,23)(H,21,22);1H. The van der Waals surface area contributed by atoms with Gasteiger partial charge in [0.05, 0.1) is 30.8 Å². The first-order chi connectivity index (χ1) is 10.6. The predicted octanol–water partition coefficient (Wildman–Crippen LogP) is 1.57. The zero-order valence-corrected chi connectivity index (χ0v) is 12.9. The molecule has 11 heteroatoms. The van der Waals surface area contributed by atoms with E-state index in [1.165, 1.54) is 6.07 Å². The van der Waals surface area contributed by atoms with Gasteiger partial charge in [0.25, 0.3) is 11.8 Å². The number of carbonyl (C=O) groups is 2. The molecule has 0 fully saturated rings. The maximum Gasteiger partial charge on any atom is 0.417 e. The van der Waals surface area contributed by atoms with Crippen LogP contribution in [0.1, 0.15) is 15.9 Å². The highest BCUT2D eigenvalue weighted by Gasteiger charge is 2.35. The molecule has 1 aromatic carbocycles. The lowest BCUT2D eigenvalue weighted by atomic mass is 10.1. The molecule has 24 heavy (non-hydrogen) atoms. The second-order valence-electron chi connectivity index (χ2n) is 4.56. The van der Waals surface area contributed by atoms with E-state index in [0.29, 0.717) is 0 Å². The van der Waals surface area contributed by atoms with E-state index in [0.717, 1.165) is 18.2 Å². The summed E-state index contributed by atoms with van der Waals surface area (Å²) in [5, 5.41) is 3.76. The summed E-state index contributed by atoms with van der Waals surface area (Å²) >= 11 is 0. The summed E-state index contributed by atoms with van der Waals surface area (Å²) in [5.74, 6) is -5.42. The molecule has 0 aromatic heterocycles. The Labute approximate surface area is 140 Å². The van der Waals surface area contributed by atoms with Gasteiger partial charge in [-0.05, 0) is 12.1 Å². The Morgan fingerprint density at radius 3 is 2.17 bits per heavy atom. The zero-order chi connectivity index (χ0) is 17.7. The molecule has 0 saturated carbocycles. The van der Waals surface area contributed by atoms with Crippen LogP contribution in [0.15, 0.2) is 24.3 Å². The average Bonchev–Trinajstić information content (AvgIpc) is 2.50. The Balaban J connectivity index is 0.00000529. The number of hydrogen-bond acceptors (Lipinski definition) is 3. The second kappa shape index (κ2) is 8.78. The predicted molar refractivity (Wildman–Crippen MR) is 78.0 cm³/mol. The van der Waals surface area contributed by atoms with Crippen LogP contribution >= 0.6 is 12.4 Å². The minimum Gasteiger partial charge on any atom is -0.348 e. The van der Waals surface area contributed by atoms with E-state index in [1.54, 1.807) is 0 Å². The van der Waals surface area contributed by atoms with Gasteiger partial charge < -0.3 is 16.4 Å².